The Hall–Kier alpha value is -0.220. The molecule has 0 aliphatic heterocycles. The van der Waals surface area contributed by atoms with Crippen molar-refractivity contribution < 1.29 is 13.9 Å². The maximum absolute atomic E-state index is 12.7. The van der Waals surface area contributed by atoms with Crippen molar-refractivity contribution in [2.24, 2.45) is 11.8 Å². The second kappa shape index (κ2) is 5.75. The van der Waals surface area contributed by atoms with Crippen LogP contribution < -0.4 is 5.32 Å². The van der Waals surface area contributed by atoms with Crippen LogP contribution >= 0.6 is 0 Å². The smallest absolute Gasteiger partial charge is 0.282 e. The van der Waals surface area contributed by atoms with Gasteiger partial charge in [-0.05, 0) is 31.2 Å². The van der Waals surface area contributed by atoms with Crippen LogP contribution in [0.3, 0.4) is 0 Å². The molecule has 1 rings (SSSR count). The van der Waals surface area contributed by atoms with Gasteiger partial charge in [0.2, 0.25) is 0 Å². The summed E-state index contributed by atoms with van der Waals surface area (Å²) >= 11 is 0. The predicted octanol–water partition coefficient (Wildman–Crippen LogP) is 2.03. The van der Waals surface area contributed by atoms with E-state index in [2.05, 4.69) is 12.2 Å². The number of rotatable bonds is 5. The number of nitrogens with one attached hydrogen (secondary N) is 1. The Balaban J connectivity index is 2.10. The van der Waals surface area contributed by atoms with Crippen molar-refractivity contribution in [3.05, 3.63) is 0 Å². The van der Waals surface area contributed by atoms with Crippen molar-refractivity contribution in [3.8, 4) is 0 Å². The number of aliphatic hydroxyl groups is 1. The first-order valence-electron chi connectivity index (χ1n) is 5.73. The summed E-state index contributed by atoms with van der Waals surface area (Å²) in [4.78, 5) is 0. The van der Waals surface area contributed by atoms with Crippen molar-refractivity contribution in [1.29, 1.82) is 0 Å². The first kappa shape index (κ1) is 12.8. The van der Waals surface area contributed by atoms with E-state index in [0.29, 0.717) is 12.5 Å². The minimum absolute atomic E-state index is 0.407. The summed E-state index contributed by atoms with van der Waals surface area (Å²) in [5.74, 6) is -1.64. The molecule has 0 aromatic heterocycles. The molecule has 4 heteroatoms. The molecule has 0 bridgehead atoms. The van der Waals surface area contributed by atoms with Crippen LogP contribution in [0.5, 0.6) is 0 Å². The topological polar surface area (TPSA) is 32.3 Å². The Kier molecular flexibility index (Phi) is 4.93. The molecule has 15 heavy (non-hydrogen) atoms. The summed E-state index contributed by atoms with van der Waals surface area (Å²) in [5, 5.41) is 11.1. The fraction of sp³-hybridized carbons (Fsp3) is 1.00. The van der Waals surface area contributed by atoms with Crippen molar-refractivity contribution in [1.82, 2.24) is 5.32 Å². The normalized spacial score (nSPS) is 28.0. The molecular weight excluding hydrogens is 200 g/mol. The molecule has 0 heterocycles. The Bertz CT molecular complexity index is 179. The van der Waals surface area contributed by atoms with Gasteiger partial charge in [0.05, 0.1) is 6.54 Å². The van der Waals surface area contributed by atoms with Crippen LogP contribution in [0.15, 0.2) is 0 Å². The van der Waals surface area contributed by atoms with E-state index >= 15 is 0 Å². The molecule has 1 fully saturated rings. The minimum atomic E-state index is -2.97. The monoisotopic (exact) mass is 221 g/mol. The summed E-state index contributed by atoms with van der Waals surface area (Å²) in [6.07, 6.45) is 4.70. The lowest BCUT2D eigenvalue weighted by molar-refractivity contribution is -0.0481. The highest BCUT2D eigenvalue weighted by molar-refractivity contribution is 4.74. The molecule has 0 spiro atoms. The van der Waals surface area contributed by atoms with E-state index in [-0.39, 0.29) is 0 Å². The maximum Gasteiger partial charge on any atom is 0.282 e. The molecule has 1 saturated carbocycles. The first-order valence-corrected chi connectivity index (χ1v) is 5.73. The number of hydrogen-bond donors (Lipinski definition) is 2. The van der Waals surface area contributed by atoms with E-state index in [1.807, 2.05) is 0 Å². The standard InChI is InChI=1S/C11H21F2NO/c1-9-2-4-10(5-3-9)6-14-7-11(12,13)8-15/h9-10,14-15H,2-8H2,1H3. The Morgan fingerprint density at radius 1 is 1.27 bits per heavy atom. The Labute approximate surface area is 90.1 Å². The van der Waals surface area contributed by atoms with Crippen molar-refractivity contribution >= 4 is 0 Å². The van der Waals surface area contributed by atoms with Gasteiger partial charge >= 0.3 is 0 Å². The molecule has 0 saturated heterocycles. The van der Waals surface area contributed by atoms with E-state index in [4.69, 9.17) is 5.11 Å². The summed E-state index contributed by atoms with van der Waals surface area (Å²) in [7, 11) is 0. The van der Waals surface area contributed by atoms with Crippen LogP contribution in [-0.4, -0.2) is 30.7 Å². The molecule has 0 amide bonds. The van der Waals surface area contributed by atoms with Crippen LogP contribution in [0, 0.1) is 11.8 Å². The van der Waals surface area contributed by atoms with Crippen molar-refractivity contribution in [2.45, 2.75) is 38.5 Å². The molecule has 0 atom stereocenters. The highest BCUT2D eigenvalue weighted by Gasteiger charge is 2.27. The second-order valence-corrected chi connectivity index (χ2v) is 4.77. The van der Waals surface area contributed by atoms with E-state index in [1.165, 1.54) is 12.8 Å². The van der Waals surface area contributed by atoms with E-state index < -0.39 is 19.1 Å². The van der Waals surface area contributed by atoms with Crippen LogP contribution in [-0.2, 0) is 0 Å². The molecule has 2 nitrogen and oxygen atoms in total. The lowest BCUT2D eigenvalue weighted by Crippen LogP contribution is -2.38. The molecule has 2 N–H and O–H groups in total. The zero-order valence-corrected chi connectivity index (χ0v) is 9.31. The Morgan fingerprint density at radius 2 is 1.87 bits per heavy atom. The predicted molar refractivity (Wildman–Crippen MR) is 56.0 cm³/mol. The van der Waals surface area contributed by atoms with Crippen LogP contribution in [0.25, 0.3) is 0 Å². The fourth-order valence-corrected chi connectivity index (χ4v) is 2.05. The van der Waals surface area contributed by atoms with Crippen molar-refractivity contribution in [2.75, 3.05) is 19.7 Å². The lowest BCUT2D eigenvalue weighted by atomic mass is 9.83. The summed E-state index contributed by atoms with van der Waals surface area (Å²) in [6, 6.07) is 0. The minimum Gasteiger partial charge on any atom is -0.390 e. The molecule has 0 aromatic rings. The Morgan fingerprint density at radius 3 is 2.40 bits per heavy atom. The maximum atomic E-state index is 12.7. The van der Waals surface area contributed by atoms with Crippen molar-refractivity contribution in [3.63, 3.8) is 0 Å². The molecule has 1 aliphatic rings. The average Bonchev–Trinajstić information content (AvgIpc) is 2.21. The van der Waals surface area contributed by atoms with Gasteiger partial charge in [-0.15, -0.1) is 0 Å². The summed E-state index contributed by atoms with van der Waals surface area (Å²) in [5.41, 5.74) is 0. The first-order chi connectivity index (χ1) is 7.03. The number of aliphatic hydroxyl groups excluding tert-OH is 1. The number of hydrogen-bond acceptors (Lipinski definition) is 2. The summed E-state index contributed by atoms with van der Waals surface area (Å²) < 4.78 is 25.3. The average molecular weight is 221 g/mol. The lowest BCUT2D eigenvalue weighted by Gasteiger charge is -2.26. The van der Waals surface area contributed by atoms with Gasteiger partial charge in [0.1, 0.15) is 6.61 Å². The van der Waals surface area contributed by atoms with E-state index in [9.17, 15) is 8.78 Å². The van der Waals surface area contributed by atoms with Gasteiger partial charge in [0, 0.05) is 0 Å². The van der Waals surface area contributed by atoms with Gasteiger partial charge in [0.25, 0.3) is 5.92 Å². The SMILES string of the molecule is CC1CCC(CNCC(F)(F)CO)CC1. The van der Waals surface area contributed by atoms with Gasteiger partial charge < -0.3 is 10.4 Å². The zero-order valence-electron chi connectivity index (χ0n) is 9.31. The van der Waals surface area contributed by atoms with Crippen LogP contribution in [0.4, 0.5) is 8.78 Å². The van der Waals surface area contributed by atoms with Gasteiger partial charge in [-0.2, -0.15) is 0 Å². The summed E-state index contributed by atoms with van der Waals surface area (Å²) in [6.45, 7) is 1.42. The molecule has 90 valence electrons. The van der Waals surface area contributed by atoms with Gasteiger partial charge in [-0.1, -0.05) is 19.8 Å². The van der Waals surface area contributed by atoms with Crippen LogP contribution in [0.1, 0.15) is 32.6 Å². The molecule has 0 unspecified atom stereocenters. The molecule has 1 aliphatic carbocycles. The largest absolute Gasteiger partial charge is 0.390 e. The third kappa shape index (κ3) is 4.89. The highest BCUT2D eigenvalue weighted by atomic mass is 19.3. The zero-order chi connectivity index (χ0) is 11.3. The number of halogens is 2. The van der Waals surface area contributed by atoms with Gasteiger partial charge in [-0.25, -0.2) is 8.78 Å². The highest BCUT2D eigenvalue weighted by Crippen LogP contribution is 2.27. The number of alkyl halides is 2. The second-order valence-electron chi connectivity index (χ2n) is 4.77. The fourth-order valence-electron chi connectivity index (χ4n) is 2.05. The quantitative estimate of drug-likeness (QED) is 0.744. The van der Waals surface area contributed by atoms with Crippen LogP contribution in [0.2, 0.25) is 0 Å². The van der Waals surface area contributed by atoms with Gasteiger partial charge in [0.15, 0.2) is 0 Å². The third-order valence-electron chi connectivity index (χ3n) is 3.18. The third-order valence-corrected chi connectivity index (χ3v) is 3.18. The molecule has 0 radical (unpaired) electrons. The molecular formula is C11H21F2NO. The van der Waals surface area contributed by atoms with Gasteiger partial charge in [-0.3, -0.25) is 0 Å². The van der Waals surface area contributed by atoms with E-state index in [0.717, 1.165) is 18.8 Å². The molecule has 0 aromatic carbocycles. The van der Waals surface area contributed by atoms with E-state index in [1.54, 1.807) is 0 Å².